The highest BCUT2D eigenvalue weighted by Crippen LogP contribution is 2.36. The van der Waals surface area contributed by atoms with Crippen molar-refractivity contribution >= 4 is 5.97 Å². The van der Waals surface area contributed by atoms with Crippen LogP contribution in [0.1, 0.15) is 71.6 Å². The maximum Gasteiger partial charge on any atom is 0.303 e. The molecule has 0 aromatic rings. The standard InChI is InChI=1S/C21H36O4/c1-3-4-7-10-16(2)13-14-18-17(19(22)15-20(18)23)11-8-5-6-9-12-21(24)25/h5,8,13-14,16-20,22-23H,3-4,6-7,9-12,15H2,1-2H3,(H,24,25)/b8-5-,14-13+/t16?,17-,18-,19+,20-/m1/s1. The number of carbonyl (C=O) groups is 1. The van der Waals surface area contributed by atoms with Gasteiger partial charge in [-0.15, -0.1) is 0 Å². The third kappa shape index (κ3) is 8.68. The number of rotatable bonds is 12. The van der Waals surface area contributed by atoms with Gasteiger partial charge < -0.3 is 15.3 Å². The van der Waals surface area contributed by atoms with Crippen LogP contribution in [0.5, 0.6) is 0 Å². The highest BCUT2D eigenvalue weighted by Gasteiger charge is 2.39. The lowest BCUT2D eigenvalue weighted by Gasteiger charge is -2.19. The van der Waals surface area contributed by atoms with E-state index in [-0.39, 0.29) is 18.3 Å². The molecule has 0 amide bonds. The van der Waals surface area contributed by atoms with Gasteiger partial charge in [-0.2, -0.15) is 0 Å². The van der Waals surface area contributed by atoms with Crippen molar-refractivity contribution in [1.82, 2.24) is 0 Å². The lowest BCUT2D eigenvalue weighted by molar-refractivity contribution is -0.137. The molecule has 1 rings (SSSR count). The smallest absolute Gasteiger partial charge is 0.303 e. The van der Waals surface area contributed by atoms with Gasteiger partial charge in [0.2, 0.25) is 0 Å². The predicted molar refractivity (Wildman–Crippen MR) is 101 cm³/mol. The molecule has 1 unspecified atom stereocenters. The van der Waals surface area contributed by atoms with Crippen molar-refractivity contribution in [2.75, 3.05) is 0 Å². The van der Waals surface area contributed by atoms with Gasteiger partial charge in [-0.05, 0) is 37.5 Å². The Morgan fingerprint density at radius 3 is 2.60 bits per heavy atom. The summed E-state index contributed by atoms with van der Waals surface area (Å²) in [5.74, 6) is -0.207. The third-order valence-electron chi connectivity index (χ3n) is 5.18. The molecule has 0 aliphatic heterocycles. The van der Waals surface area contributed by atoms with Crippen LogP contribution in [-0.2, 0) is 4.79 Å². The first-order valence-electron chi connectivity index (χ1n) is 9.86. The first kappa shape index (κ1) is 21.9. The second-order valence-corrected chi connectivity index (χ2v) is 7.46. The summed E-state index contributed by atoms with van der Waals surface area (Å²) in [5, 5.41) is 29.1. The van der Waals surface area contributed by atoms with Gasteiger partial charge >= 0.3 is 5.97 Å². The van der Waals surface area contributed by atoms with Gasteiger partial charge in [-0.3, -0.25) is 4.79 Å². The fourth-order valence-electron chi connectivity index (χ4n) is 3.58. The Morgan fingerprint density at radius 1 is 1.16 bits per heavy atom. The molecule has 0 radical (unpaired) electrons. The lowest BCUT2D eigenvalue weighted by atomic mass is 9.88. The molecule has 0 aromatic heterocycles. The summed E-state index contributed by atoms with van der Waals surface area (Å²) >= 11 is 0. The summed E-state index contributed by atoms with van der Waals surface area (Å²) in [5.41, 5.74) is 0. The van der Waals surface area contributed by atoms with E-state index in [1.165, 1.54) is 25.7 Å². The molecular formula is C21H36O4. The molecule has 1 saturated carbocycles. The molecule has 4 heteroatoms. The Balaban J connectivity index is 2.46. The number of hydrogen-bond acceptors (Lipinski definition) is 3. The molecule has 25 heavy (non-hydrogen) atoms. The largest absolute Gasteiger partial charge is 0.481 e. The van der Waals surface area contributed by atoms with Gasteiger partial charge in [0.25, 0.3) is 0 Å². The van der Waals surface area contributed by atoms with E-state index < -0.39 is 18.2 Å². The number of aliphatic hydroxyl groups excluding tert-OH is 2. The summed E-state index contributed by atoms with van der Waals surface area (Å²) in [6.07, 6.45) is 15.0. The van der Waals surface area contributed by atoms with Gasteiger partial charge in [0.15, 0.2) is 0 Å². The van der Waals surface area contributed by atoms with Crippen LogP contribution in [0.15, 0.2) is 24.3 Å². The Labute approximate surface area is 152 Å². The van der Waals surface area contributed by atoms with Crippen LogP contribution < -0.4 is 0 Å². The Hall–Kier alpha value is -1.13. The van der Waals surface area contributed by atoms with E-state index in [1.54, 1.807) is 0 Å². The van der Waals surface area contributed by atoms with Crippen LogP contribution in [0.2, 0.25) is 0 Å². The minimum atomic E-state index is -0.763. The first-order chi connectivity index (χ1) is 12.0. The van der Waals surface area contributed by atoms with Crippen LogP contribution >= 0.6 is 0 Å². The van der Waals surface area contributed by atoms with Crippen molar-refractivity contribution in [3.8, 4) is 0 Å². The minimum Gasteiger partial charge on any atom is -0.481 e. The highest BCUT2D eigenvalue weighted by atomic mass is 16.4. The van der Waals surface area contributed by atoms with Crippen LogP contribution in [0.4, 0.5) is 0 Å². The molecule has 1 aliphatic carbocycles. The molecule has 1 aliphatic rings. The van der Waals surface area contributed by atoms with Gasteiger partial charge in [0, 0.05) is 18.8 Å². The molecular weight excluding hydrogens is 316 g/mol. The number of hydrogen-bond donors (Lipinski definition) is 3. The maximum absolute atomic E-state index is 10.5. The zero-order chi connectivity index (χ0) is 18.7. The van der Waals surface area contributed by atoms with Gasteiger partial charge in [-0.1, -0.05) is 57.4 Å². The Bertz CT molecular complexity index is 430. The molecule has 5 atom stereocenters. The topological polar surface area (TPSA) is 77.8 Å². The SMILES string of the molecule is CCCCCC(C)/C=C/[C@@H]1[C@@H](C/C=C\CCCC(=O)O)[C@@H](O)C[C@H]1O. The third-order valence-corrected chi connectivity index (χ3v) is 5.18. The van der Waals surface area contributed by atoms with Crippen molar-refractivity contribution in [3.63, 3.8) is 0 Å². The second kappa shape index (κ2) is 12.3. The normalized spacial score (nSPS) is 28.2. The molecule has 0 heterocycles. The molecule has 144 valence electrons. The maximum atomic E-state index is 10.5. The Kier molecular flexibility index (Phi) is 10.7. The molecule has 0 spiro atoms. The second-order valence-electron chi connectivity index (χ2n) is 7.46. The van der Waals surface area contributed by atoms with Crippen molar-refractivity contribution < 1.29 is 20.1 Å². The van der Waals surface area contributed by atoms with E-state index in [1.807, 2.05) is 12.2 Å². The van der Waals surface area contributed by atoms with Gasteiger partial charge in [0.1, 0.15) is 0 Å². The van der Waals surface area contributed by atoms with E-state index in [2.05, 4.69) is 26.0 Å². The number of aliphatic hydroxyl groups is 2. The minimum absolute atomic E-state index is 0.00675. The summed E-state index contributed by atoms with van der Waals surface area (Å²) in [4.78, 5) is 10.5. The monoisotopic (exact) mass is 352 g/mol. The van der Waals surface area contributed by atoms with Crippen molar-refractivity contribution in [1.29, 1.82) is 0 Å². The zero-order valence-electron chi connectivity index (χ0n) is 15.8. The number of aliphatic carboxylic acids is 1. The van der Waals surface area contributed by atoms with Crippen molar-refractivity contribution in [3.05, 3.63) is 24.3 Å². The van der Waals surface area contributed by atoms with Crippen LogP contribution in [0.25, 0.3) is 0 Å². The van der Waals surface area contributed by atoms with E-state index in [4.69, 9.17) is 5.11 Å². The van der Waals surface area contributed by atoms with Crippen molar-refractivity contribution in [2.45, 2.75) is 83.8 Å². The molecule has 0 saturated heterocycles. The van der Waals surface area contributed by atoms with E-state index in [0.717, 1.165) is 12.8 Å². The number of carboxylic acid groups (broad SMARTS) is 1. The summed E-state index contributed by atoms with van der Waals surface area (Å²) in [7, 11) is 0. The quantitative estimate of drug-likeness (QED) is 0.361. The molecule has 1 fully saturated rings. The molecule has 3 N–H and O–H groups in total. The van der Waals surface area contributed by atoms with Crippen LogP contribution in [-0.4, -0.2) is 33.5 Å². The zero-order valence-corrected chi connectivity index (χ0v) is 15.8. The number of carboxylic acids is 1. The van der Waals surface area contributed by atoms with E-state index in [9.17, 15) is 15.0 Å². The number of unbranched alkanes of at least 4 members (excludes halogenated alkanes) is 3. The van der Waals surface area contributed by atoms with E-state index in [0.29, 0.717) is 18.8 Å². The van der Waals surface area contributed by atoms with E-state index >= 15 is 0 Å². The first-order valence-corrected chi connectivity index (χ1v) is 9.86. The fourth-order valence-corrected chi connectivity index (χ4v) is 3.58. The molecule has 4 nitrogen and oxygen atoms in total. The average molecular weight is 353 g/mol. The molecule has 0 aromatic carbocycles. The van der Waals surface area contributed by atoms with Crippen LogP contribution in [0, 0.1) is 17.8 Å². The van der Waals surface area contributed by atoms with Crippen molar-refractivity contribution in [2.24, 2.45) is 17.8 Å². The summed E-state index contributed by atoms with van der Waals surface area (Å²) in [6.45, 7) is 4.41. The highest BCUT2D eigenvalue weighted by molar-refractivity contribution is 5.66. The van der Waals surface area contributed by atoms with Gasteiger partial charge in [-0.25, -0.2) is 0 Å². The van der Waals surface area contributed by atoms with Gasteiger partial charge in [0.05, 0.1) is 12.2 Å². The summed E-state index contributed by atoms with van der Waals surface area (Å²) in [6, 6.07) is 0. The summed E-state index contributed by atoms with van der Waals surface area (Å²) < 4.78 is 0. The predicted octanol–water partition coefficient (Wildman–Crippen LogP) is 4.32. The average Bonchev–Trinajstić information content (AvgIpc) is 2.82. The number of allylic oxidation sites excluding steroid dienone is 3. The molecule has 0 bridgehead atoms. The lowest BCUT2D eigenvalue weighted by Crippen LogP contribution is -2.20. The fraction of sp³-hybridized carbons (Fsp3) is 0.762. The Morgan fingerprint density at radius 2 is 1.92 bits per heavy atom. The van der Waals surface area contributed by atoms with Crippen LogP contribution in [0.3, 0.4) is 0 Å².